The standard InChI is InChI=1S/C54H62FN7O6/c1-36(60-28-23-41(24-29-60)51(64)56-35-38-7-5-8-43(55)33-38)44-15-13-40(45-9-3-4-10-46(44)45)12-11-37-19-26-59(27-20-37)25-6-32-68-54(67)61-30-21-39(22-31-61)42-14-16-47-49(34-42)58(2)53(66)62(47)48-17-18-50(63)57-52(48)65/h3-5,7-10,13-16,33-34,36-37,39,41,48H,6,17-32,35H2,1-2H3,(H,56,64)(H,57,63,65). The summed E-state index contributed by atoms with van der Waals surface area (Å²) in [5.74, 6) is 6.65. The van der Waals surface area contributed by atoms with Crippen molar-refractivity contribution in [3.63, 3.8) is 0 Å². The molecule has 9 rings (SSSR count). The van der Waals surface area contributed by atoms with Gasteiger partial charge in [-0.3, -0.25) is 33.7 Å². The maximum absolute atomic E-state index is 13.6. The van der Waals surface area contributed by atoms with Crippen LogP contribution in [0.25, 0.3) is 21.8 Å². The lowest BCUT2D eigenvalue weighted by molar-refractivity contribution is -0.135. The Morgan fingerprint density at radius 2 is 1.60 bits per heavy atom. The van der Waals surface area contributed by atoms with Crippen LogP contribution >= 0.6 is 0 Å². The monoisotopic (exact) mass is 923 g/mol. The molecule has 2 atom stereocenters. The van der Waals surface area contributed by atoms with Gasteiger partial charge in [0.1, 0.15) is 11.9 Å². The molecule has 0 saturated carbocycles. The quantitative estimate of drug-likeness (QED) is 0.0809. The smallest absolute Gasteiger partial charge is 0.409 e. The molecule has 4 aliphatic heterocycles. The molecule has 0 aliphatic carbocycles. The number of nitrogens with one attached hydrogen (secondary N) is 2. The first-order valence-electron chi connectivity index (χ1n) is 24.5. The molecule has 4 fully saturated rings. The molecule has 5 heterocycles. The number of halogens is 1. The molecular weight excluding hydrogens is 862 g/mol. The number of aromatic nitrogens is 2. The van der Waals surface area contributed by atoms with Crippen LogP contribution in [0, 0.1) is 29.5 Å². The Hall–Kier alpha value is -6.30. The highest BCUT2D eigenvalue weighted by Crippen LogP contribution is 2.34. The van der Waals surface area contributed by atoms with Crippen molar-refractivity contribution >= 4 is 45.6 Å². The molecule has 13 nitrogen and oxygen atoms in total. The van der Waals surface area contributed by atoms with Crippen LogP contribution in [0.4, 0.5) is 9.18 Å². The average molecular weight is 924 g/mol. The maximum atomic E-state index is 13.6. The maximum Gasteiger partial charge on any atom is 0.409 e. The minimum absolute atomic E-state index is 0.0398. The number of ether oxygens (including phenoxy) is 1. The van der Waals surface area contributed by atoms with Gasteiger partial charge in [-0.25, -0.2) is 14.0 Å². The highest BCUT2D eigenvalue weighted by Gasteiger charge is 2.33. The van der Waals surface area contributed by atoms with E-state index in [1.165, 1.54) is 33.0 Å². The number of rotatable bonds is 11. The summed E-state index contributed by atoms with van der Waals surface area (Å²) in [5.41, 5.74) is 5.31. The number of imide groups is 1. The van der Waals surface area contributed by atoms with Gasteiger partial charge in [0.05, 0.1) is 17.6 Å². The molecule has 4 aromatic carbocycles. The van der Waals surface area contributed by atoms with Crippen molar-refractivity contribution in [2.45, 2.75) is 89.3 Å². The highest BCUT2D eigenvalue weighted by molar-refractivity contribution is 6.00. The Morgan fingerprint density at radius 1 is 0.838 bits per heavy atom. The van der Waals surface area contributed by atoms with Crippen molar-refractivity contribution in [1.82, 2.24) is 34.5 Å². The van der Waals surface area contributed by atoms with E-state index in [-0.39, 0.29) is 53.7 Å². The summed E-state index contributed by atoms with van der Waals surface area (Å²) in [5, 5.41) is 7.75. The van der Waals surface area contributed by atoms with Crippen LogP contribution in [0.2, 0.25) is 0 Å². The van der Waals surface area contributed by atoms with Crippen molar-refractivity contribution in [1.29, 1.82) is 0 Å². The van der Waals surface area contributed by atoms with Crippen LogP contribution in [-0.2, 0) is 32.7 Å². The number of benzene rings is 4. The first kappa shape index (κ1) is 46.8. The number of piperidine rings is 4. The molecule has 4 saturated heterocycles. The van der Waals surface area contributed by atoms with Crippen LogP contribution in [0.3, 0.4) is 0 Å². The minimum Gasteiger partial charge on any atom is -0.449 e. The second-order valence-electron chi connectivity index (χ2n) is 19.1. The first-order chi connectivity index (χ1) is 33.0. The van der Waals surface area contributed by atoms with Gasteiger partial charge in [0.15, 0.2) is 0 Å². The Morgan fingerprint density at radius 3 is 2.35 bits per heavy atom. The summed E-state index contributed by atoms with van der Waals surface area (Å²) < 4.78 is 22.4. The minimum atomic E-state index is -0.718. The Bertz CT molecular complexity index is 2800. The lowest BCUT2D eigenvalue weighted by Crippen LogP contribution is -2.44. The number of fused-ring (bicyclic) bond motifs is 2. The summed E-state index contributed by atoms with van der Waals surface area (Å²) in [7, 11) is 1.71. The largest absolute Gasteiger partial charge is 0.449 e. The van der Waals surface area contributed by atoms with Crippen molar-refractivity contribution in [2.75, 3.05) is 52.4 Å². The van der Waals surface area contributed by atoms with Crippen LogP contribution < -0.4 is 16.3 Å². The van der Waals surface area contributed by atoms with Crippen molar-refractivity contribution in [3.05, 3.63) is 117 Å². The molecule has 4 aliphatic rings. The molecule has 5 aromatic rings. The molecule has 68 heavy (non-hydrogen) atoms. The molecule has 2 N–H and O–H groups in total. The van der Waals surface area contributed by atoms with Gasteiger partial charge in [0, 0.05) is 63.1 Å². The Kier molecular flexibility index (Phi) is 14.4. The number of likely N-dealkylation sites (tertiary alicyclic amines) is 3. The molecule has 0 spiro atoms. The van der Waals surface area contributed by atoms with E-state index in [1.807, 2.05) is 24.3 Å². The van der Waals surface area contributed by atoms with Crippen molar-refractivity contribution in [3.8, 4) is 11.8 Å². The van der Waals surface area contributed by atoms with Crippen molar-refractivity contribution in [2.24, 2.45) is 18.9 Å². The van der Waals surface area contributed by atoms with Gasteiger partial charge in [-0.2, -0.15) is 0 Å². The van der Waals surface area contributed by atoms with E-state index < -0.39 is 11.9 Å². The van der Waals surface area contributed by atoms with E-state index in [1.54, 1.807) is 22.6 Å². The molecular formula is C54H62FN7O6. The number of imidazole rings is 1. The Labute approximate surface area is 397 Å². The zero-order chi connectivity index (χ0) is 47.3. The number of carbonyl (C=O) groups is 4. The van der Waals surface area contributed by atoms with Crippen molar-refractivity contribution < 1.29 is 28.3 Å². The van der Waals surface area contributed by atoms with E-state index in [2.05, 4.69) is 75.6 Å². The highest BCUT2D eigenvalue weighted by atomic mass is 19.1. The zero-order valence-corrected chi connectivity index (χ0v) is 39.2. The molecule has 1 aromatic heterocycles. The van der Waals surface area contributed by atoms with E-state index in [0.717, 1.165) is 99.9 Å². The third-order valence-corrected chi connectivity index (χ3v) is 14.9. The third kappa shape index (κ3) is 10.4. The SMILES string of the molecule is CC(c1ccc(C#CC2CCN(CCCOC(=O)N3CCC(c4ccc5c(c4)n(C)c(=O)n5C4CCC(=O)NC4=O)CC3)CC2)c2ccccc12)N1CCC(C(=O)NCc2cccc(F)c2)CC1. The summed E-state index contributed by atoms with van der Waals surface area (Å²) in [4.78, 5) is 70.2. The fourth-order valence-corrected chi connectivity index (χ4v) is 10.8. The summed E-state index contributed by atoms with van der Waals surface area (Å²) in [6.45, 7) is 8.62. The van der Waals surface area contributed by atoms with Gasteiger partial charge in [-0.15, -0.1) is 0 Å². The molecule has 2 unspecified atom stereocenters. The molecule has 356 valence electrons. The van der Waals surface area contributed by atoms with E-state index >= 15 is 0 Å². The van der Waals surface area contributed by atoms with Crippen LogP contribution in [0.15, 0.2) is 83.7 Å². The third-order valence-electron chi connectivity index (χ3n) is 14.9. The van der Waals surface area contributed by atoms with E-state index in [9.17, 15) is 28.4 Å². The fourth-order valence-electron chi connectivity index (χ4n) is 10.8. The predicted molar refractivity (Wildman–Crippen MR) is 259 cm³/mol. The van der Waals surface area contributed by atoms with Gasteiger partial charge in [0.2, 0.25) is 17.7 Å². The summed E-state index contributed by atoms with van der Waals surface area (Å²) in [6.07, 6.45) is 6.15. The second kappa shape index (κ2) is 20.9. The average Bonchev–Trinajstić information content (AvgIpc) is 3.61. The van der Waals surface area contributed by atoms with Gasteiger partial charge in [-0.1, -0.05) is 60.4 Å². The van der Waals surface area contributed by atoms with Crippen LogP contribution in [-0.4, -0.2) is 100 Å². The van der Waals surface area contributed by atoms with E-state index in [0.29, 0.717) is 44.1 Å². The number of hydrogen-bond donors (Lipinski definition) is 2. The number of amides is 4. The summed E-state index contributed by atoms with van der Waals surface area (Å²) in [6, 6.07) is 24.7. The topological polar surface area (TPSA) is 138 Å². The Balaban J connectivity index is 0.695. The van der Waals surface area contributed by atoms with Crippen LogP contribution in [0.5, 0.6) is 0 Å². The normalized spacial score (nSPS) is 19.7. The van der Waals surface area contributed by atoms with Gasteiger partial charge in [-0.05, 0) is 148 Å². The lowest BCUT2D eigenvalue weighted by atomic mass is 9.89. The summed E-state index contributed by atoms with van der Waals surface area (Å²) >= 11 is 0. The molecule has 4 amide bonds. The molecule has 0 bridgehead atoms. The first-order valence-corrected chi connectivity index (χ1v) is 24.5. The number of carbonyl (C=O) groups excluding carboxylic acids is 4. The van der Waals surface area contributed by atoms with Crippen LogP contribution in [0.1, 0.15) is 105 Å². The van der Waals surface area contributed by atoms with Gasteiger partial charge in [0.25, 0.3) is 0 Å². The number of aryl methyl sites for hydroxylation is 1. The van der Waals surface area contributed by atoms with E-state index in [4.69, 9.17) is 4.74 Å². The number of hydrogen-bond acceptors (Lipinski definition) is 8. The number of nitrogens with zero attached hydrogens (tertiary/aromatic N) is 5. The molecule has 0 radical (unpaired) electrons. The second-order valence-corrected chi connectivity index (χ2v) is 19.1. The lowest BCUT2D eigenvalue weighted by Gasteiger charge is -2.36. The fraction of sp³-hybridized carbons (Fsp3) is 0.463. The van der Waals surface area contributed by atoms with Gasteiger partial charge >= 0.3 is 11.8 Å². The predicted octanol–water partition coefficient (Wildman–Crippen LogP) is 7.17. The zero-order valence-electron chi connectivity index (χ0n) is 39.2. The van der Waals surface area contributed by atoms with Gasteiger partial charge < -0.3 is 19.9 Å². The molecule has 14 heteroatoms.